The van der Waals surface area contributed by atoms with Crippen molar-refractivity contribution in [2.75, 3.05) is 21.3 Å². The van der Waals surface area contributed by atoms with Crippen molar-refractivity contribution in [2.24, 2.45) is 0 Å². The number of hydrogen-bond acceptors (Lipinski definition) is 3. The van der Waals surface area contributed by atoms with Gasteiger partial charge in [-0.15, -0.1) is 0 Å². The number of aryl methyl sites for hydroxylation is 2. The van der Waals surface area contributed by atoms with Gasteiger partial charge in [0, 0.05) is 20.0 Å². The smallest absolute Gasteiger partial charge is 0.222 e. The van der Waals surface area contributed by atoms with Crippen LogP contribution in [0.1, 0.15) is 23.1 Å². The van der Waals surface area contributed by atoms with E-state index >= 15 is 0 Å². The van der Waals surface area contributed by atoms with Crippen molar-refractivity contribution in [1.82, 2.24) is 4.90 Å². The second-order valence-electron chi connectivity index (χ2n) is 5.85. The van der Waals surface area contributed by atoms with Crippen LogP contribution in [-0.4, -0.2) is 32.1 Å². The van der Waals surface area contributed by atoms with Gasteiger partial charge in [-0.3, -0.25) is 4.79 Å². The first kappa shape index (κ1) is 17.9. The maximum Gasteiger partial charge on any atom is 0.222 e. The Hall–Kier alpha value is -2.49. The van der Waals surface area contributed by atoms with Crippen molar-refractivity contribution in [3.05, 3.63) is 59.2 Å². The molecular formula is C20H25NO3. The van der Waals surface area contributed by atoms with Crippen LogP contribution in [0.2, 0.25) is 0 Å². The summed E-state index contributed by atoms with van der Waals surface area (Å²) in [5.74, 6) is 1.67. The Bertz CT molecular complexity index is 697. The number of carbonyl (C=O) groups is 1. The van der Waals surface area contributed by atoms with Crippen LogP contribution in [0.25, 0.3) is 0 Å². The number of amides is 1. The first-order valence-electron chi connectivity index (χ1n) is 8.04. The highest BCUT2D eigenvalue weighted by atomic mass is 16.5. The number of hydrogen-bond donors (Lipinski definition) is 0. The monoisotopic (exact) mass is 327 g/mol. The number of nitrogens with zero attached hydrogens (tertiary/aromatic N) is 1. The number of benzene rings is 2. The van der Waals surface area contributed by atoms with Crippen LogP contribution in [0.15, 0.2) is 42.5 Å². The summed E-state index contributed by atoms with van der Waals surface area (Å²) in [6.45, 7) is 2.69. The Morgan fingerprint density at radius 3 is 2.46 bits per heavy atom. The van der Waals surface area contributed by atoms with Gasteiger partial charge in [0.1, 0.15) is 11.5 Å². The molecule has 2 rings (SSSR count). The van der Waals surface area contributed by atoms with E-state index in [0.717, 1.165) is 17.1 Å². The molecular weight excluding hydrogens is 302 g/mol. The highest BCUT2D eigenvalue weighted by Gasteiger charge is 2.13. The summed E-state index contributed by atoms with van der Waals surface area (Å²) in [7, 11) is 5.11. The highest BCUT2D eigenvalue weighted by molar-refractivity contribution is 5.76. The summed E-state index contributed by atoms with van der Waals surface area (Å²) >= 11 is 0. The second kappa shape index (κ2) is 8.39. The third-order valence-corrected chi connectivity index (χ3v) is 4.19. The Kier molecular flexibility index (Phi) is 6.24. The average Bonchev–Trinajstić information content (AvgIpc) is 2.61. The minimum Gasteiger partial charge on any atom is -0.497 e. The Labute approximate surface area is 144 Å². The fourth-order valence-corrected chi connectivity index (χ4v) is 2.64. The SMILES string of the molecule is COc1ccc(OC)c(CCC(=O)N(C)Cc2ccccc2C)c1. The largest absolute Gasteiger partial charge is 0.497 e. The van der Waals surface area contributed by atoms with E-state index in [1.807, 2.05) is 37.4 Å². The van der Waals surface area contributed by atoms with Crippen LogP contribution in [0.3, 0.4) is 0 Å². The highest BCUT2D eigenvalue weighted by Crippen LogP contribution is 2.25. The minimum atomic E-state index is 0.114. The molecule has 24 heavy (non-hydrogen) atoms. The Morgan fingerprint density at radius 2 is 1.79 bits per heavy atom. The lowest BCUT2D eigenvalue weighted by Crippen LogP contribution is -2.26. The van der Waals surface area contributed by atoms with E-state index < -0.39 is 0 Å². The van der Waals surface area contributed by atoms with Gasteiger partial charge in [0.25, 0.3) is 0 Å². The van der Waals surface area contributed by atoms with Crippen molar-refractivity contribution < 1.29 is 14.3 Å². The van der Waals surface area contributed by atoms with Crippen LogP contribution in [0.4, 0.5) is 0 Å². The van der Waals surface area contributed by atoms with E-state index in [9.17, 15) is 4.79 Å². The molecule has 0 aliphatic carbocycles. The fraction of sp³-hybridized carbons (Fsp3) is 0.350. The van der Waals surface area contributed by atoms with Crippen LogP contribution < -0.4 is 9.47 Å². The van der Waals surface area contributed by atoms with Gasteiger partial charge in [0.2, 0.25) is 5.91 Å². The van der Waals surface area contributed by atoms with E-state index in [-0.39, 0.29) is 5.91 Å². The van der Waals surface area contributed by atoms with Crippen molar-refractivity contribution >= 4 is 5.91 Å². The molecule has 0 saturated heterocycles. The number of ether oxygens (including phenoxy) is 2. The minimum absolute atomic E-state index is 0.114. The summed E-state index contributed by atoms with van der Waals surface area (Å²) in [5.41, 5.74) is 3.36. The normalized spacial score (nSPS) is 10.3. The molecule has 4 nitrogen and oxygen atoms in total. The molecule has 0 heterocycles. The third-order valence-electron chi connectivity index (χ3n) is 4.19. The van der Waals surface area contributed by atoms with E-state index in [4.69, 9.17) is 9.47 Å². The van der Waals surface area contributed by atoms with Gasteiger partial charge in [-0.05, 0) is 48.2 Å². The van der Waals surface area contributed by atoms with Gasteiger partial charge in [-0.1, -0.05) is 24.3 Å². The molecule has 0 radical (unpaired) electrons. The molecule has 0 saturated carbocycles. The average molecular weight is 327 g/mol. The van der Waals surface area contributed by atoms with Crippen LogP contribution in [0.5, 0.6) is 11.5 Å². The predicted molar refractivity (Wildman–Crippen MR) is 95.5 cm³/mol. The zero-order chi connectivity index (χ0) is 17.5. The second-order valence-corrected chi connectivity index (χ2v) is 5.85. The number of rotatable bonds is 7. The maximum atomic E-state index is 12.4. The molecule has 2 aromatic rings. The lowest BCUT2D eigenvalue weighted by atomic mass is 10.1. The summed E-state index contributed by atoms with van der Waals surface area (Å²) in [6.07, 6.45) is 1.06. The van der Waals surface area contributed by atoms with Gasteiger partial charge < -0.3 is 14.4 Å². The molecule has 128 valence electrons. The topological polar surface area (TPSA) is 38.8 Å². The zero-order valence-corrected chi connectivity index (χ0v) is 14.8. The first-order chi connectivity index (χ1) is 11.5. The number of carbonyl (C=O) groups excluding carboxylic acids is 1. The summed E-state index contributed by atoms with van der Waals surface area (Å²) in [6, 6.07) is 13.8. The van der Waals surface area contributed by atoms with Crippen molar-refractivity contribution in [3.63, 3.8) is 0 Å². The Balaban J connectivity index is 1.98. The van der Waals surface area contributed by atoms with Crippen LogP contribution in [-0.2, 0) is 17.8 Å². The maximum absolute atomic E-state index is 12.4. The molecule has 0 N–H and O–H groups in total. The predicted octanol–water partition coefficient (Wildman–Crippen LogP) is 3.60. The van der Waals surface area contributed by atoms with Crippen molar-refractivity contribution in [1.29, 1.82) is 0 Å². The summed E-state index contributed by atoms with van der Waals surface area (Å²) in [4.78, 5) is 14.2. The summed E-state index contributed by atoms with van der Waals surface area (Å²) < 4.78 is 10.6. The first-order valence-corrected chi connectivity index (χ1v) is 8.04. The lowest BCUT2D eigenvalue weighted by molar-refractivity contribution is -0.130. The van der Waals surface area contributed by atoms with E-state index in [2.05, 4.69) is 19.1 Å². The Morgan fingerprint density at radius 1 is 1.04 bits per heavy atom. The molecule has 0 aliphatic heterocycles. The van der Waals surface area contributed by atoms with Gasteiger partial charge in [0.15, 0.2) is 0 Å². The standard InChI is InChI=1S/C20H25NO3/c1-15-7-5-6-8-17(15)14-21(2)20(22)12-9-16-13-18(23-3)10-11-19(16)24-4/h5-8,10-11,13H,9,12,14H2,1-4H3. The molecule has 0 fully saturated rings. The number of methoxy groups -OCH3 is 2. The summed E-state index contributed by atoms with van der Waals surface area (Å²) in [5, 5.41) is 0. The molecule has 0 unspecified atom stereocenters. The quantitative estimate of drug-likeness (QED) is 0.780. The molecule has 0 aliphatic rings. The van der Waals surface area contributed by atoms with Crippen LogP contribution >= 0.6 is 0 Å². The fourth-order valence-electron chi connectivity index (χ4n) is 2.64. The van der Waals surface area contributed by atoms with Gasteiger partial charge in [-0.25, -0.2) is 0 Å². The van der Waals surface area contributed by atoms with Gasteiger partial charge in [0.05, 0.1) is 14.2 Å². The zero-order valence-electron chi connectivity index (χ0n) is 14.8. The van der Waals surface area contributed by atoms with E-state index in [1.54, 1.807) is 19.1 Å². The molecule has 0 atom stereocenters. The molecule has 0 spiro atoms. The molecule has 0 aromatic heterocycles. The van der Waals surface area contributed by atoms with E-state index in [0.29, 0.717) is 19.4 Å². The van der Waals surface area contributed by atoms with Gasteiger partial charge in [-0.2, -0.15) is 0 Å². The molecule has 2 aromatic carbocycles. The van der Waals surface area contributed by atoms with E-state index in [1.165, 1.54) is 11.1 Å². The van der Waals surface area contributed by atoms with Crippen LogP contribution in [0, 0.1) is 6.92 Å². The third kappa shape index (κ3) is 4.51. The van der Waals surface area contributed by atoms with Gasteiger partial charge >= 0.3 is 0 Å². The molecule has 1 amide bonds. The molecule has 0 bridgehead atoms. The lowest BCUT2D eigenvalue weighted by Gasteiger charge is -2.19. The van der Waals surface area contributed by atoms with Crippen molar-refractivity contribution in [2.45, 2.75) is 26.3 Å². The molecule has 4 heteroatoms. The van der Waals surface area contributed by atoms with Crippen molar-refractivity contribution in [3.8, 4) is 11.5 Å².